The third kappa shape index (κ3) is 3.94. The summed E-state index contributed by atoms with van der Waals surface area (Å²) in [5, 5.41) is 10.5. The number of hydrogen-bond acceptors (Lipinski definition) is 3. The monoisotopic (exact) mass is 345 g/mol. The summed E-state index contributed by atoms with van der Waals surface area (Å²) in [5.74, 6) is 1.13. The Kier molecular flexibility index (Phi) is 5.37. The molecule has 0 amide bonds. The van der Waals surface area contributed by atoms with Crippen molar-refractivity contribution >= 4 is 22.2 Å². The van der Waals surface area contributed by atoms with E-state index in [9.17, 15) is 5.11 Å². The van der Waals surface area contributed by atoms with E-state index in [0.29, 0.717) is 0 Å². The molecule has 132 valence electrons. The van der Waals surface area contributed by atoms with Gasteiger partial charge in [0.15, 0.2) is 0 Å². The summed E-state index contributed by atoms with van der Waals surface area (Å²) in [6, 6.07) is 17.3. The lowest BCUT2D eigenvalue weighted by Gasteiger charge is -2.13. The third-order valence-electron chi connectivity index (χ3n) is 4.46. The van der Waals surface area contributed by atoms with E-state index < -0.39 is 0 Å². The fourth-order valence-electron chi connectivity index (χ4n) is 2.73. The van der Waals surface area contributed by atoms with Crippen molar-refractivity contribution in [3.63, 3.8) is 0 Å². The Morgan fingerprint density at radius 3 is 2.50 bits per heavy atom. The second-order valence-corrected chi connectivity index (χ2v) is 6.34. The zero-order valence-corrected chi connectivity index (χ0v) is 15.4. The quantitative estimate of drug-likeness (QED) is 0.563. The number of hydrogen-bond donors (Lipinski definition) is 1. The summed E-state index contributed by atoms with van der Waals surface area (Å²) in [7, 11) is 0. The molecule has 0 saturated carbocycles. The standard InChI is InChI=1S/C23H23NO2/c1-4-16(2)23(20-9-12-22-19(14-20)6-5-13-24-22)26-15-17(3)18-7-10-21(25)11-8-18/h5-15,25H,4H2,1-3H3/b17-15+,23-16+. The number of benzene rings is 2. The summed E-state index contributed by atoms with van der Waals surface area (Å²) >= 11 is 0. The molecular formula is C23H23NO2. The first-order chi connectivity index (χ1) is 12.6. The van der Waals surface area contributed by atoms with Gasteiger partial charge in [0.1, 0.15) is 11.5 Å². The number of fused-ring (bicyclic) bond motifs is 1. The van der Waals surface area contributed by atoms with Crippen LogP contribution in [0.2, 0.25) is 0 Å². The number of rotatable bonds is 5. The molecule has 0 aliphatic heterocycles. The first-order valence-corrected chi connectivity index (χ1v) is 8.76. The number of ether oxygens (including phenoxy) is 1. The van der Waals surface area contributed by atoms with Gasteiger partial charge in [-0.2, -0.15) is 0 Å². The zero-order chi connectivity index (χ0) is 18.5. The fourth-order valence-corrected chi connectivity index (χ4v) is 2.73. The Morgan fingerprint density at radius 1 is 1.04 bits per heavy atom. The van der Waals surface area contributed by atoms with Gasteiger partial charge in [-0.25, -0.2) is 0 Å². The molecule has 0 spiro atoms. The normalized spacial score (nSPS) is 12.8. The minimum absolute atomic E-state index is 0.259. The van der Waals surface area contributed by atoms with E-state index in [0.717, 1.165) is 39.8 Å². The van der Waals surface area contributed by atoms with Gasteiger partial charge >= 0.3 is 0 Å². The number of aromatic nitrogens is 1. The Hall–Kier alpha value is -3.07. The maximum Gasteiger partial charge on any atom is 0.132 e. The number of allylic oxidation sites excluding steroid dienone is 2. The highest BCUT2D eigenvalue weighted by Gasteiger charge is 2.08. The molecule has 0 atom stereocenters. The number of pyridine rings is 1. The molecule has 0 fully saturated rings. The molecule has 0 saturated heterocycles. The van der Waals surface area contributed by atoms with Crippen LogP contribution in [0.15, 0.2) is 72.6 Å². The molecule has 0 unspecified atom stereocenters. The molecule has 0 bridgehead atoms. The zero-order valence-electron chi connectivity index (χ0n) is 15.4. The van der Waals surface area contributed by atoms with Gasteiger partial charge in [-0.15, -0.1) is 0 Å². The molecule has 3 nitrogen and oxygen atoms in total. The molecule has 1 aromatic heterocycles. The number of phenolic OH excluding ortho intramolecular Hbond substituents is 1. The average Bonchev–Trinajstić information content (AvgIpc) is 2.68. The van der Waals surface area contributed by atoms with Crippen molar-refractivity contribution in [2.75, 3.05) is 0 Å². The molecule has 3 rings (SSSR count). The predicted molar refractivity (Wildman–Crippen MR) is 107 cm³/mol. The van der Waals surface area contributed by atoms with Crippen molar-refractivity contribution < 1.29 is 9.84 Å². The van der Waals surface area contributed by atoms with Crippen molar-refractivity contribution in [2.45, 2.75) is 27.2 Å². The van der Waals surface area contributed by atoms with Crippen LogP contribution >= 0.6 is 0 Å². The number of phenols is 1. The third-order valence-corrected chi connectivity index (χ3v) is 4.46. The number of aromatic hydroxyl groups is 1. The molecule has 26 heavy (non-hydrogen) atoms. The molecule has 0 radical (unpaired) electrons. The smallest absolute Gasteiger partial charge is 0.132 e. The lowest BCUT2D eigenvalue weighted by atomic mass is 10.0. The van der Waals surface area contributed by atoms with Gasteiger partial charge in [-0.3, -0.25) is 4.98 Å². The minimum Gasteiger partial charge on any atom is -0.508 e. The van der Waals surface area contributed by atoms with Gasteiger partial charge in [0.2, 0.25) is 0 Å². The maximum absolute atomic E-state index is 9.43. The van der Waals surface area contributed by atoms with Gasteiger partial charge in [0.25, 0.3) is 0 Å². The van der Waals surface area contributed by atoms with Crippen LogP contribution in [0.4, 0.5) is 0 Å². The van der Waals surface area contributed by atoms with Gasteiger partial charge in [0.05, 0.1) is 11.8 Å². The van der Waals surface area contributed by atoms with Crippen LogP contribution in [0, 0.1) is 0 Å². The summed E-state index contributed by atoms with van der Waals surface area (Å²) in [6.07, 6.45) is 4.48. The largest absolute Gasteiger partial charge is 0.508 e. The summed E-state index contributed by atoms with van der Waals surface area (Å²) < 4.78 is 6.11. The first-order valence-electron chi connectivity index (χ1n) is 8.76. The van der Waals surface area contributed by atoms with Gasteiger partial charge in [-0.1, -0.05) is 25.1 Å². The highest BCUT2D eigenvalue weighted by atomic mass is 16.5. The molecule has 3 aromatic rings. The predicted octanol–water partition coefficient (Wildman–Crippen LogP) is 6.16. The Morgan fingerprint density at radius 2 is 1.77 bits per heavy atom. The first kappa shape index (κ1) is 17.7. The van der Waals surface area contributed by atoms with Crippen LogP contribution in [-0.4, -0.2) is 10.1 Å². The average molecular weight is 345 g/mol. The van der Waals surface area contributed by atoms with E-state index in [-0.39, 0.29) is 5.75 Å². The second-order valence-electron chi connectivity index (χ2n) is 6.34. The van der Waals surface area contributed by atoms with E-state index in [1.54, 1.807) is 24.6 Å². The van der Waals surface area contributed by atoms with E-state index >= 15 is 0 Å². The maximum atomic E-state index is 9.43. The topological polar surface area (TPSA) is 42.4 Å². The van der Waals surface area contributed by atoms with Crippen LogP contribution in [0.5, 0.6) is 5.75 Å². The molecule has 2 aromatic carbocycles. The highest BCUT2D eigenvalue weighted by molar-refractivity contribution is 5.82. The lowest BCUT2D eigenvalue weighted by Crippen LogP contribution is -1.93. The van der Waals surface area contributed by atoms with Crippen molar-refractivity contribution in [3.8, 4) is 5.75 Å². The van der Waals surface area contributed by atoms with Crippen LogP contribution in [0.3, 0.4) is 0 Å². The highest BCUT2D eigenvalue weighted by Crippen LogP contribution is 2.27. The molecule has 1 N–H and O–H groups in total. The van der Waals surface area contributed by atoms with E-state index in [1.807, 2.05) is 37.3 Å². The summed E-state index contributed by atoms with van der Waals surface area (Å²) in [6.45, 7) is 6.21. The van der Waals surface area contributed by atoms with Crippen molar-refractivity contribution in [1.82, 2.24) is 4.98 Å². The van der Waals surface area contributed by atoms with Crippen LogP contribution < -0.4 is 0 Å². The van der Waals surface area contributed by atoms with Crippen LogP contribution in [0.1, 0.15) is 38.3 Å². The lowest BCUT2D eigenvalue weighted by molar-refractivity contribution is 0.433. The van der Waals surface area contributed by atoms with Crippen LogP contribution in [0.25, 0.3) is 22.2 Å². The van der Waals surface area contributed by atoms with Crippen molar-refractivity contribution in [3.05, 3.63) is 83.8 Å². The van der Waals surface area contributed by atoms with Crippen molar-refractivity contribution in [1.29, 1.82) is 0 Å². The van der Waals surface area contributed by atoms with E-state index in [4.69, 9.17) is 4.74 Å². The Balaban J connectivity index is 1.93. The van der Waals surface area contributed by atoms with Gasteiger partial charge < -0.3 is 9.84 Å². The van der Waals surface area contributed by atoms with E-state index in [1.165, 1.54) is 5.57 Å². The SMILES string of the molecule is CC/C(C)=C(/O/C=C(\C)c1ccc(O)cc1)c1ccc2ncccc2c1. The molecule has 0 aliphatic rings. The van der Waals surface area contributed by atoms with E-state index in [2.05, 4.69) is 31.0 Å². The van der Waals surface area contributed by atoms with Crippen LogP contribution in [-0.2, 0) is 4.74 Å². The summed E-state index contributed by atoms with van der Waals surface area (Å²) in [5.41, 5.74) is 5.20. The molecular weight excluding hydrogens is 322 g/mol. The molecule has 3 heteroatoms. The second kappa shape index (κ2) is 7.87. The molecule has 1 heterocycles. The fraction of sp³-hybridized carbons (Fsp3) is 0.174. The molecule has 0 aliphatic carbocycles. The van der Waals surface area contributed by atoms with Gasteiger partial charge in [0, 0.05) is 17.1 Å². The van der Waals surface area contributed by atoms with Crippen molar-refractivity contribution in [2.24, 2.45) is 0 Å². The summed E-state index contributed by atoms with van der Waals surface area (Å²) in [4.78, 5) is 4.38. The van der Waals surface area contributed by atoms with Gasteiger partial charge in [-0.05, 0) is 73.4 Å². The number of nitrogens with zero attached hydrogens (tertiary/aromatic N) is 1. The Labute approximate surface area is 154 Å². The minimum atomic E-state index is 0.259. The Bertz CT molecular complexity index is 969.